The van der Waals surface area contributed by atoms with Gasteiger partial charge in [0.15, 0.2) is 0 Å². The number of hydrogen-bond acceptors (Lipinski definition) is 2. The number of benzene rings is 1. The maximum Gasteiger partial charge on any atom is 0.228 e. The fraction of sp³-hybridized carbons (Fsp3) is 0.462. The highest BCUT2D eigenvalue weighted by Crippen LogP contribution is 2.14. The Bertz CT molecular complexity index is 362. The van der Waals surface area contributed by atoms with Crippen LogP contribution in [0.25, 0.3) is 0 Å². The average Bonchev–Trinajstić information content (AvgIpc) is 2.28. The molecule has 1 aromatic carbocycles. The zero-order chi connectivity index (χ0) is 12.8. The van der Waals surface area contributed by atoms with Gasteiger partial charge in [-0.05, 0) is 36.6 Å². The summed E-state index contributed by atoms with van der Waals surface area (Å²) in [5.74, 6) is -0.198. The minimum absolute atomic E-state index is 0.104. The summed E-state index contributed by atoms with van der Waals surface area (Å²) in [6, 6.07) is 5.71. The van der Waals surface area contributed by atoms with E-state index in [9.17, 15) is 9.18 Å². The van der Waals surface area contributed by atoms with Crippen LogP contribution in [-0.4, -0.2) is 12.5 Å². The van der Waals surface area contributed by atoms with Crippen LogP contribution in [0.3, 0.4) is 0 Å². The second-order valence-corrected chi connectivity index (χ2v) is 4.56. The summed E-state index contributed by atoms with van der Waals surface area (Å²) in [7, 11) is 0. The molecule has 0 aliphatic carbocycles. The minimum Gasteiger partial charge on any atom is -0.330 e. The second kappa shape index (κ2) is 6.35. The molecule has 0 saturated heterocycles. The van der Waals surface area contributed by atoms with E-state index in [-0.39, 0.29) is 17.6 Å². The topological polar surface area (TPSA) is 55.1 Å². The first-order chi connectivity index (χ1) is 8.02. The first kappa shape index (κ1) is 13.6. The second-order valence-electron chi connectivity index (χ2n) is 4.56. The number of carbonyl (C=O) groups excluding carboxylic acids is 1. The molecule has 94 valence electrons. The lowest BCUT2D eigenvalue weighted by atomic mass is 9.96. The van der Waals surface area contributed by atoms with Gasteiger partial charge in [-0.2, -0.15) is 0 Å². The number of rotatable bonds is 5. The summed E-state index contributed by atoms with van der Waals surface area (Å²) in [6.07, 6.45) is 0.754. The fourth-order valence-corrected chi connectivity index (χ4v) is 1.66. The Morgan fingerprint density at radius 1 is 1.35 bits per heavy atom. The van der Waals surface area contributed by atoms with Crippen molar-refractivity contribution in [2.24, 2.45) is 17.6 Å². The van der Waals surface area contributed by atoms with Crippen molar-refractivity contribution in [3.8, 4) is 0 Å². The number of amides is 1. The van der Waals surface area contributed by atoms with E-state index in [2.05, 4.69) is 5.32 Å². The average molecular weight is 238 g/mol. The zero-order valence-corrected chi connectivity index (χ0v) is 10.2. The van der Waals surface area contributed by atoms with E-state index < -0.39 is 0 Å². The van der Waals surface area contributed by atoms with Gasteiger partial charge in [0.2, 0.25) is 5.91 Å². The van der Waals surface area contributed by atoms with Crippen molar-refractivity contribution in [3.05, 3.63) is 30.1 Å². The van der Waals surface area contributed by atoms with Gasteiger partial charge in [0.1, 0.15) is 5.82 Å². The Labute approximate surface area is 101 Å². The van der Waals surface area contributed by atoms with Crippen LogP contribution in [-0.2, 0) is 4.79 Å². The van der Waals surface area contributed by atoms with Gasteiger partial charge < -0.3 is 11.1 Å². The molecule has 3 nitrogen and oxygen atoms in total. The van der Waals surface area contributed by atoms with Crippen molar-refractivity contribution in [2.45, 2.75) is 20.3 Å². The predicted molar refractivity (Wildman–Crippen MR) is 67.0 cm³/mol. The minimum atomic E-state index is -0.319. The first-order valence-corrected chi connectivity index (χ1v) is 5.79. The molecule has 0 aliphatic heterocycles. The van der Waals surface area contributed by atoms with Crippen molar-refractivity contribution in [1.29, 1.82) is 0 Å². The van der Waals surface area contributed by atoms with Gasteiger partial charge in [-0.3, -0.25) is 4.79 Å². The molecule has 3 N–H and O–H groups in total. The van der Waals surface area contributed by atoms with Gasteiger partial charge >= 0.3 is 0 Å². The maximum absolute atomic E-state index is 12.7. The number of anilines is 1. The van der Waals surface area contributed by atoms with E-state index >= 15 is 0 Å². The molecule has 1 atom stereocenters. The van der Waals surface area contributed by atoms with Gasteiger partial charge in [-0.1, -0.05) is 13.8 Å². The molecule has 1 unspecified atom stereocenters. The summed E-state index contributed by atoms with van der Waals surface area (Å²) >= 11 is 0. The zero-order valence-electron chi connectivity index (χ0n) is 10.2. The Hall–Kier alpha value is -1.42. The molecule has 0 heterocycles. The molecule has 1 rings (SSSR count). The van der Waals surface area contributed by atoms with E-state index in [4.69, 9.17) is 5.73 Å². The summed E-state index contributed by atoms with van der Waals surface area (Å²) in [6.45, 7) is 4.42. The van der Waals surface area contributed by atoms with E-state index in [0.717, 1.165) is 6.42 Å². The molecular formula is C13H19FN2O. The predicted octanol–water partition coefficient (Wildman–Crippen LogP) is 2.39. The molecule has 0 radical (unpaired) electrons. The Kier molecular flexibility index (Phi) is 5.10. The quantitative estimate of drug-likeness (QED) is 0.827. The number of carbonyl (C=O) groups is 1. The molecule has 4 heteroatoms. The SMILES string of the molecule is CC(C)CC(CN)C(=O)Nc1ccc(F)cc1. The van der Waals surface area contributed by atoms with Crippen LogP contribution in [0.2, 0.25) is 0 Å². The molecule has 0 spiro atoms. The molecule has 0 bridgehead atoms. The normalized spacial score (nSPS) is 12.5. The molecule has 1 amide bonds. The highest BCUT2D eigenvalue weighted by atomic mass is 19.1. The standard InChI is InChI=1S/C13H19FN2O/c1-9(2)7-10(8-15)13(17)16-12-5-3-11(14)4-6-12/h3-6,9-10H,7-8,15H2,1-2H3,(H,16,17). The van der Waals surface area contributed by atoms with Crippen molar-refractivity contribution >= 4 is 11.6 Å². The van der Waals surface area contributed by atoms with Gasteiger partial charge in [-0.15, -0.1) is 0 Å². The largest absolute Gasteiger partial charge is 0.330 e. The van der Waals surface area contributed by atoms with Gasteiger partial charge in [-0.25, -0.2) is 4.39 Å². The van der Waals surface area contributed by atoms with Crippen LogP contribution in [0, 0.1) is 17.7 Å². The lowest BCUT2D eigenvalue weighted by Crippen LogP contribution is -2.30. The third-order valence-electron chi connectivity index (χ3n) is 2.52. The smallest absolute Gasteiger partial charge is 0.228 e. The molecule has 0 aliphatic rings. The van der Waals surface area contributed by atoms with Crippen LogP contribution >= 0.6 is 0 Å². The summed E-state index contributed by atoms with van der Waals surface area (Å²) in [5, 5.41) is 2.74. The van der Waals surface area contributed by atoms with Crippen molar-refractivity contribution in [2.75, 3.05) is 11.9 Å². The summed E-state index contributed by atoms with van der Waals surface area (Å²) in [4.78, 5) is 11.9. The molecule has 1 aromatic rings. The maximum atomic E-state index is 12.7. The van der Waals surface area contributed by atoms with E-state index in [1.165, 1.54) is 24.3 Å². The highest BCUT2D eigenvalue weighted by molar-refractivity contribution is 5.92. The van der Waals surface area contributed by atoms with Crippen LogP contribution in [0.1, 0.15) is 20.3 Å². The van der Waals surface area contributed by atoms with Gasteiger partial charge in [0.05, 0.1) is 5.92 Å². The first-order valence-electron chi connectivity index (χ1n) is 5.79. The Morgan fingerprint density at radius 2 is 1.94 bits per heavy atom. The lowest BCUT2D eigenvalue weighted by Gasteiger charge is -2.16. The number of halogens is 1. The Balaban J connectivity index is 2.60. The third kappa shape index (κ3) is 4.53. The molecule has 0 fully saturated rings. The van der Waals surface area contributed by atoms with Gasteiger partial charge in [0.25, 0.3) is 0 Å². The third-order valence-corrected chi connectivity index (χ3v) is 2.52. The van der Waals surface area contributed by atoms with Crippen LogP contribution < -0.4 is 11.1 Å². The van der Waals surface area contributed by atoms with Crippen molar-refractivity contribution < 1.29 is 9.18 Å². The summed E-state index contributed by atoms with van der Waals surface area (Å²) < 4.78 is 12.7. The number of nitrogens with one attached hydrogen (secondary N) is 1. The number of hydrogen-bond donors (Lipinski definition) is 2. The van der Waals surface area contributed by atoms with Crippen molar-refractivity contribution in [3.63, 3.8) is 0 Å². The monoisotopic (exact) mass is 238 g/mol. The van der Waals surface area contributed by atoms with E-state index in [1.54, 1.807) is 0 Å². The molecule has 0 aromatic heterocycles. The highest BCUT2D eigenvalue weighted by Gasteiger charge is 2.18. The number of nitrogens with two attached hydrogens (primary N) is 1. The molecular weight excluding hydrogens is 219 g/mol. The van der Waals surface area contributed by atoms with Crippen molar-refractivity contribution in [1.82, 2.24) is 0 Å². The lowest BCUT2D eigenvalue weighted by molar-refractivity contribution is -0.120. The fourth-order valence-electron chi connectivity index (χ4n) is 1.66. The summed E-state index contributed by atoms with van der Waals surface area (Å²) in [5.41, 5.74) is 6.17. The van der Waals surface area contributed by atoms with Crippen LogP contribution in [0.4, 0.5) is 10.1 Å². The molecule has 0 saturated carbocycles. The van der Waals surface area contributed by atoms with Crippen LogP contribution in [0.15, 0.2) is 24.3 Å². The van der Waals surface area contributed by atoms with Crippen LogP contribution in [0.5, 0.6) is 0 Å². The van der Waals surface area contributed by atoms with E-state index in [1.807, 2.05) is 13.8 Å². The Morgan fingerprint density at radius 3 is 2.41 bits per heavy atom. The molecule has 17 heavy (non-hydrogen) atoms. The van der Waals surface area contributed by atoms with Gasteiger partial charge in [0, 0.05) is 12.2 Å². The van der Waals surface area contributed by atoms with E-state index in [0.29, 0.717) is 18.2 Å².